The van der Waals surface area contributed by atoms with Crippen molar-refractivity contribution in [3.8, 4) is 0 Å². The average molecular weight is 166 g/mol. The van der Waals surface area contributed by atoms with Gasteiger partial charge in [0.25, 0.3) is 0 Å². The zero-order valence-corrected chi connectivity index (χ0v) is 7.32. The van der Waals surface area contributed by atoms with Crippen molar-refractivity contribution in [2.45, 2.75) is 32.7 Å². The minimum Gasteiger partial charge on any atom is -0.394 e. The monoisotopic (exact) mass is 166 g/mol. The highest BCUT2D eigenvalue weighted by Gasteiger charge is 1.90. The Labute approximate surface area is 67.4 Å². The first-order valence-electron chi connectivity index (χ1n) is 3.58. The maximum atomic E-state index is 8.44. The third-order valence-electron chi connectivity index (χ3n) is 0.886. The predicted octanol–water partition coefficient (Wildman–Crippen LogP) is -0.279. The Morgan fingerprint density at radius 2 is 1.73 bits per heavy atom. The molecule has 0 aromatic rings. The van der Waals surface area contributed by atoms with Crippen LogP contribution in [0.5, 0.6) is 0 Å². The molecule has 0 bridgehead atoms. The second-order valence-electron chi connectivity index (χ2n) is 2.13. The summed E-state index contributed by atoms with van der Waals surface area (Å²) in [7, 11) is 1.48. The van der Waals surface area contributed by atoms with E-state index in [1.54, 1.807) is 0 Å². The first-order chi connectivity index (χ1) is 5.08. The highest BCUT2D eigenvalue weighted by Crippen LogP contribution is 1.85. The molecule has 2 atom stereocenters. The van der Waals surface area contributed by atoms with E-state index < -0.39 is 12.4 Å². The topological polar surface area (TPSA) is 69.9 Å². The summed E-state index contributed by atoms with van der Waals surface area (Å²) in [6, 6.07) is 0. The van der Waals surface area contributed by atoms with Crippen LogP contribution < -0.4 is 0 Å². The van der Waals surface area contributed by atoms with Crippen LogP contribution in [0, 0.1) is 0 Å². The van der Waals surface area contributed by atoms with Crippen LogP contribution in [0.3, 0.4) is 0 Å². The molecule has 0 aliphatic carbocycles. The van der Waals surface area contributed by atoms with Gasteiger partial charge in [-0.05, 0) is 13.3 Å². The molecule has 4 nitrogen and oxygen atoms in total. The fourth-order valence-corrected chi connectivity index (χ4v) is 0.167. The molecule has 0 heterocycles. The normalized spacial score (nSPS) is 14.7. The summed E-state index contributed by atoms with van der Waals surface area (Å²) in [6.45, 7) is 3.24. The van der Waals surface area contributed by atoms with Crippen LogP contribution in [0.15, 0.2) is 0 Å². The average Bonchev–Trinajstić information content (AvgIpc) is 2.04. The number of rotatable bonds is 3. The molecule has 11 heavy (non-hydrogen) atoms. The van der Waals surface area contributed by atoms with Gasteiger partial charge in [-0.25, -0.2) is 0 Å². The van der Waals surface area contributed by atoms with Gasteiger partial charge < -0.3 is 20.1 Å². The molecule has 0 fully saturated rings. The smallest absolute Gasteiger partial charge is 0.153 e. The van der Waals surface area contributed by atoms with E-state index in [0.717, 1.165) is 0 Å². The Morgan fingerprint density at radius 1 is 1.36 bits per heavy atom. The van der Waals surface area contributed by atoms with E-state index in [0.29, 0.717) is 6.42 Å². The molecule has 0 saturated heterocycles. The molecule has 0 amide bonds. The lowest BCUT2D eigenvalue weighted by Crippen LogP contribution is -2.05. The summed E-state index contributed by atoms with van der Waals surface area (Å²) < 4.78 is 4.45. The van der Waals surface area contributed by atoms with Gasteiger partial charge in [0.15, 0.2) is 6.29 Å². The largest absolute Gasteiger partial charge is 0.394 e. The third kappa shape index (κ3) is 17.7. The van der Waals surface area contributed by atoms with Gasteiger partial charge in [0.1, 0.15) is 0 Å². The fraction of sp³-hybridized carbons (Fsp3) is 1.00. The van der Waals surface area contributed by atoms with Crippen molar-refractivity contribution < 1.29 is 20.1 Å². The second-order valence-corrected chi connectivity index (χ2v) is 2.13. The highest BCUT2D eigenvalue weighted by molar-refractivity contribution is 4.34. The van der Waals surface area contributed by atoms with Gasteiger partial charge in [0.05, 0.1) is 12.7 Å². The van der Waals surface area contributed by atoms with E-state index in [2.05, 4.69) is 4.74 Å². The standard InChI is InChI=1S/C4H10O2.C3H8O2/c1-3-4(5)6-2;1-3(5)2-4/h4-5H,3H2,1-2H3;3-5H,2H2,1H3. The SMILES string of the molecule is CC(O)CO.CCC(O)OC. The van der Waals surface area contributed by atoms with E-state index in [1.807, 2.05) is 6.92 Å². The van der Waals surface area contributed by atoms with Gasteiger partial charge in [0, 0.05) is 7.11 Å². The van der Waals surface area contributed by atoms with Crippen LogP contribution in [0.25, 0.3) is 0 Å². The van der Waals surface area contributed by atoms with Crippen molar-refractivity contribution in [1.82, 2.24) is 0 Å². The number of aliphatic hydroxyl groups is 3. The van der Waals surface area contributed by atoms with E-state index >= 15 is 0 Å². The molecule has 0 aromatic heterocycles. The van der Waals surface area contributed by atoms with Crippen molar-refractivity contribution in [1.29, 1.82) is 0 Å². The lowest BCUT2D eigenvalue weighted by atomic mass is 10.5. The van der Waals surface area contributed by atoms with Crippen molar-refractivity contribution in [2.75, 3.05) is 13.7 Å². The van der Waals surface area contributed by atoms with Crippen molar-refractivity contribution in [3.63, 3.8) is 0 Å². The maximum absolute atomic E-state index is 8.44. The van der Waals surface area contributed by atoms with Crippen LogP contribution in [-0.4, -0.2) is 41.4 Å². The fourth-order valence-electron chi connectivity index (χ4n) is 0.167. The van der Waals surface area contributed by atoms with Crippen molar-refractivity contribution in [2.24, 2.45) is 0 Å². The molecule has 2 unspecified atom stereocenters. The van der Waals surface area contributed by atoms with Gasteiger partial charge >= 0.3 is 0 Å². The molecular weight excluding hydrogens is 148 g/mol. The number of hydrogen-bond donors (Lipinski definition) is 3. The molecule has 0 aliphatic rings. The lowest BCUT2D eigenvalue weighted by molar-refractivity contribution is -0.0748. The maximum Gasteiger partial charge on any atom is 0.153 e. The highest BCUT2D eigenvalue weighted by atomic mass is 16.6. The zero-order chi connectivity index (χ0) is 9.28. The van der Waals surface area contributed by atoms with E-state index in [-0.39, 0.29) is 6.61 Å². The van der Waals surface area contributed by atoms with Crippen LogP contribution in [0.2, 0.25) is 0 Å². The van der Waals surface area contributed by atoms with Gasteiger partial charge in [-0.1, -0.05) is 6.92 Å². The Hall–Kier alpha value is -0.160. The van der Waals surface area contributed by atoms with Crippen LogP contribution in [0.4, 0.5) is 0 Å². The lowest BCUT2D eigenvalue weighted by Gasteiger charge is -2.00. The molecule has 0 radical (unpaired) electrons. The number of ether oxygens (including phenoxy) is 1. The summed E-state index contributed by atoms with van der Waals surface area (Å²) in [5.41, 5.74) is 0. The quantitative estimate of drug-likeness (QED) is 0.504. The van der Waals surface area contributed by atoms with Gasteiger partial charge in [0.2, 0.25) is 0 Å². The Balaban J connectivity index is 0. The Bertz CT molecular complexity index is 61.5. The molecule has 70 valence electrons. The van der Waals surface area contributed by atoms with E-state index in [4.69, 9.17) is 15.3 Å². The minimum atomic E-state index is -0.565. The third-order valence-corrected chi connectivity index (χ3v) is 0.886. The van der Waals surface area contributed by atoms with Crippen LogP contribution in [0.1, 0.15) is 20.3 Å². The molecule has 0 saturated carbocycles. The second kappa shape index (κ2) is 9.84. The summed E-state index contributed by atoms with van der Waals surface area (Å²) >= 11 is 0. The number of methoxy groups -OCH3 is 1. The Kier molecular flexibility index (Phi) is 12.0. The summed E-state index contributed by atoms with van der Waals surface area (Å²) in [5, 5.41) is 24.4. The van der Waals surface area contributed by atoms with Crippen LogP contribution in [-0.2, 0) is 4.74 Å². The first-order valence-corrected chi connectivity index (χ1v) is 3.58. The summed E-state index contributed by atoms with van der Waals surface area (Å²) in [5.74, 6) is 0. The predicted molar refractivity (Wildman–Crippen MR) is 42.1 cm³/mol. The molecule has 4 heteroatoms. The van der Waals surface area contributed by atoms with Crippen molar-refractivity contribution >= 4 is 0 Å². The van der Waals surface area contributed by atoms with E-state index in [1.165, 1.54) is 14.0 Å². The summed E-state index contributed by atoms with van der Waals surface area (Å²) in [6.07, 6.45) is -0.462. The molecule has 0 aromatic carbocycles. The summed E-state index contributed by atoms with van der Waals surface area (Å²) in [4.78, 5) is 0. The van der Waals surface area contributed by atoms with Crippen LogP contribution >= 0.6 is 0 Å². The van der Waals surface area contributed by atoms with E-state index in [9.17, 15) is 0 Å². The van der Waals surface area contributed by atoms with Gasteiger partial charge in [-0.3, -0.25) is 0 Å². The first kappa shape index (κ1) is 13.4. The molecule has 0 rings (SSSR count). The molecule has 0 spiro atoms. The molecule has 0 aliphatic heterocycles. The van der Waals surface area contributed by atoms with Crippen molar-refractivity contribution in [3.05, 3.63) is 0 Å². The number of hydrogen-bond acceptors (Lipinski definition) is 4. The molecular formula is C7H18O4. The zero-order valence-electron chi connectivity index (χ0n) is 7.32. The Morgan fingerprint density at radius 3 is 1.73 bits per heavy atom. The molecule has 3 N–H and O–H groups in total. The number of aliphatic hydroxyl groups excluding tert-OH is 3. The van der Waals surface area contributed by atoms with Gasteiger partial charge in [-0.15, -0.1) is 0 Å². The minimum absolute atomic E-state index is 0.139. The van der Waals surface area contributed by atoms with Gasteiger partial charge in [-0.2, -0.15) is 0 Å².